The Labute approximate surface area is 180 Å². The molecule has 0 bridgehead atoms. The number of rotatable bonds is 11. The third kappa shape index (κ3) is 5.29. The normalized spacial score (nSPS) is 12.1. The van der Waals surface area contributed by atoms with E-state index in [-0.39, 0.29) is 46.5 Å². The van der Waals surface area contributed by atoms with Gasteiger partial charge in [-0.05, 0) is 24.5 Å². The van der Waals surface area contributed by atoms with E-state index in [9.17, 15) is 24.3 Å². The maximum Gasteiger partial charge on any atom is 0.257 e. The molecule has 0 aliphatic carbocycles. The number of aromatic hydroxyl groups is 1. The maximum atomic E-state index is 12.6. The van der Waals surface area contributed by atoms with Gasteiger partial charge in [0.1, 0.15) is 11.4 Å². The molecule has 0 fully saturated rings. The molecule has 0 radical (unpaired) electrons. The molecule has 31 heavy (non-hydrogen) atoms. The number of para-hydroxylation sites is 1. The predicted octanol–water partition coefficient (Wildman–Crippen LogP) is 1.87. The van der Waals surface area contributed by atoms with Crippen molar-refractivity contribution < 1.29 is 19.4 Å². The lowest BCUT2D eigenvalue weighted by molar-refractivity contribution is -0.120. The standard InChI is InChI=1S/C22H29N3O6/c1-12(2)16(15(26)10-7-11-31-5)24-18-17(20(28)21(18)29)23-14-9-6-8-13(19(14)27)22(30)25(3)4/h6,8-9,12,16,23-24,27H,7,10-11H2,1-5H3/t16-/m1/s1. The number of hydrogen-bond donors (Lipinski definition) is 3. The van der Waals surface area contributed by atoms with E-state index in [4.69, 9.17) is 4.74 Å². The first kappa shape index (κ1) is 24.1. The Bertz CT molecular complexity index is 1020. The van der Waals surface area contributed by atoms with Crippen LogP contribution in [0, 0.1) is 5.92 Å². The molecule has 2 aromatic rings. The monoisotopic (exact) mass is 431 g/mol. The fourth-order valence-electron chi connectivity index (χ4n) is 3.16. The van der Waals surface area contributed by atoms with E-state index in [2.05, 4.69) is 10.6 Å². The minimum Gasteiger partial charge on any atom is -0.505 e. The Morgan fingerprint density at radius 1 is 1.13 bits per heavy atom. The number of carbonyl (C=O) groups excluding carboxylic acids is 2. The van der Waals surface area contributed by atoms with Crippen LogP contribution >= 0.6 is 0 Å². The van der Waals surface area contributed by atoms with Crippen molar-refractivity contribution in [3.63, 3.8) is 0 Å². The number of amides is 1. The maximum absolute atomic E-state index is 12.6. The molecule has 0 unspecified atom stereocenters. The second-order valence-corrected chi connectivity index (χ2v) is 7.86. The molecule has 0 spiro atoms. The molecular formula is C22H29N3O6. The van der Waals surface area contributed by atoms with Crippen LogP contribution in [0.25, 0.3) is 0 Å². The molecule has 168 valence electrons. The van der Waals surface area contributed by atoms with Crippen molar-refractivity contribution >= 4 is 28.8 Å². The second-order valence-electron chi connectivity index (χ2n) is 7.86. The van der Waals surface area contributed by atoms with Crippen LogP contribution in [0.2, 0.25) is 0 Å². The molecule has 0 aromatic heterocycles. The molecule has 0 aliphatic heterocycles. The Balaban J connectivity index is 2.29. The van der Waals surface area contributed by atoms with Crippen molar-refractivity contribution in [1.82, 2.24) is 4.90 Å². The topological polar surface area (TPSA) is 125 Å². The highest BCUT2D eigenvalue weighted by Gasteiger charge is 2.29. The van der Waals surface area contributed by atoms with Crippen molar-refractivity contribution in [2.24, 2.45) is 5.92 Å². The third-order valence-electron chi connectivity index (χ3n) is 4.93. The van der Waals surface area contributed by atoms with Crippen molar-refractivity contribution in [1.29, 1.82) is 0 Å². The zero-order valence-electron chi connectivity index (χ0n) is 18.4. The molecule has 3 N–H and O–H groups in total. The Morgan fingerprint density at radius 2 is 1.77 bits per heavy atom. The number of methoxy groups -OCH3 is 1. The van der Waals surface area contributed by atoms with E-state index in [1.54, 1.807) is 27.3 Å². The summed E-state index contributed by atoms with van der Waals surface area (Å²) in [6.45, 7) is 4.13. The van der Waals surface area contributed by atoms with Gasteiger partial charge in [-0.3, -0.25) is 19.2 Å². The first-order valence-corrected chi connectivity index (χ1v) is 10.0. The summed E-state index contributed by atoms with van der Waals surface area (Å²) in [6.07, 6.45) is 0.829. The van der Waals surface area contributed by atoms with Gasteiger partial charge in [0, 0.05) is 34.2 Å². The Kier molecular flexibility index (Phi) is 7.93. The number of phenolic OH excluding ortho intramolecular Hbond substituents is 1. The zero-order chi connectivity index (χ0) is 23.3. The fourth-order valence-corrected chi connectivity index (χ4v) is 3.16. The van der Waals surface area contributed by atoms with Gasteiger partial charge in [0.25, 0.3) is 16.8 Å². The van der Waals surface area contributed by atoms with Crippen LogP contribution < -0.4 is 21.5 Å². The highest BCUT2D eigenvalue weighted by molar-refractivity contribution is 5.99. The summed E-state index contributed by atoms with van der Waals surface area (Å²) < 4.78 is 4.97. The average Bonchev–Trinajstić information content (AvgIpc) is 2.73. The molecule has 0 aliphatic rings. The Morgan fingerprint density at radius 3 is 2.35 bits per heavy atom. The van der Waals surface area contributed by atoms with Crippen LogP contribution in [-0.4, -0.2) is 55.6 Å². The van der Waals surface area contributed by atoms with Gasteiger partial charge in [-0.2, -0.15) is 0 Å². The summed E-state index contributed by atoms with van der Waals surface area (Å²) in [6, 6.07) is 3.83. The van der Waals surface area contributed by atoms with E-state index in [0.29, 0.717) is 13.0 Å². The van der Waals surface area contributed by atoms with Crippen LogP contribution in [0.3, 0.4) is 0 Å². The quantitative estimate of drug-likeness (QED) is 0.280. The predicted molar refractivity (Wildman–Crippen MR) is 119 cm³/mol. The summed E-state index contributed by atoms with van der Waals surface area (Å²) in [4.78, 5) is 50.5. The SMILES string of the molecule is COCCCC(=O)[C@H](Nc1c(Nc2cccc(C(=O)N(C)C)c2O)c(=O)c1=O)C(C)C. The molecule has 0 saturated carbocycles. The van der Waals surface area contributed by atoms with Gasteiger partial charge in [0.15, 0.2) is 11.5 Å². The van der Waals surface area contributed by atoms with Gasteiger partial charge in [0.05, 0.1) is 17.3 Å². The van der Waals surface area contributed by atoms with Gasteiger partial charge < -0.3 is 25.4 Å². The summed E-state index contributed by atoms with van der Waals surface area (Å²) in [5.74, 6) is -0.962. The van der Waals surface area contributed by atoms with Crippen LogP contribution in [-0.2, 0) is 9.53 Å². The van der Waals surface area contributed by atoms with E-state index in [1.807, 2.05) is 13.8 Å². The number of nitrogens with one attached hydrogen (secondary N) is 2. The lowest BCUT2D eigenvalue weighted by atomic mass is 9.96. The smallest absolute Gasteiger partial charge is 0.257 e. The lowest BCUT2D eigenvalue weighted by Gasteiger charge is -2.25. The highest BCUT2D eigenvalue weighted by atomic mass is 16.5. The van der Waals surface area contributed by atoms with E-state index in [1.165, 1.54) is 17.0 Å². The highest BCUT2D eigenvalue weighted by Crippen LogP contribution is 2.32. The minimum absolute atomic E-state index is 0.00692. The molecule has 9 nitrogen and oxygen atoms in total. The number of nitrogens with zero attached hydrogens (tertiary/aromatic N) is 1. The summed E-state index contributed by atoms with van der Waals surface area (Å²) in [5, 5.41) is 16.1. The van der Waals surface area contributed by atoms with E-state index >= 15 is 0 Å². The molecule has 0 heterocycles. The van der Waals surface area contributed by atoms with Crippen LogP contribution in [0.4, 0.5) is 17.1 Å². The molecule has 0 saturated heterocycles. The number of Topliss-reactive ketones (excluding diaryl/α,β-unsaturated/α-hetero) is 1. The third-order valence-corrected chi connectivity index (χ3v) is 4.93. The number of carbonyl (C=O) groups is 2. The van der Waals surface area contributed by atoms with Gasteiger partial charge >= 0.3 is 0 Å². The lowest BCUT2D eigenvalue weighted by Crippen LogP contribution is -2.43. The number of benzene rings is 1. The fraction of sp³-hybridized carbons (Fsp3) is 0.455. The van der Waals surface area contributed by atoms with Crippen molar-refractivity contribution in [2.75, 3.05) is 38.4 Å². The van der Waals surface area contributed by atoms with Gasteiger partial charge in [0.2, 0.25) is 0 Å². The van der Waals surface area contributed by atoms with Gasteiger partial charge in [-0.15, -0.1) is 0 Å². The second kappa shape index (κ2) is 10.2. The van der Waals surface area contributed by atoms with E-state index in [0.717, 1.165) is 0 Å². The molecule has 1 atom stereocenters. The summed E-state index contributed by atoms with van der Waals surface area (Å²) in [7, 11) is 4.66. The number of anilines is 3. The van der Waals surface area contributed by atoms with Gasteiger partial charge in [-0.25, -0.2) is 0 Å². The molecular weight excluding hydrogens is 402 g/mol. The molecule has 9 heteroatoms. The van der Waals surface area contributed by atoms with Crippen LogP contribution in [0.1, 0.15) is 37.0 Å². The van der Waals surface area contributed by atoms with Gasteiger partial charge in [-0.1, -0.05) is 19.9 Å². The van der Waals surface area contributed by atoms with Crippen molar-refractivity contribution in [2.45, 2.75) is 32.7 Å². The first-order chi connectivity index (χ1) is 14.6. The molecule has 1 amide bonds. The first-order valence-electron chi connectivity index (χ1n) is 10.0. The van der Waals surface area contributed by atoms with E-state index < -0.39 is 22.8 Å². The summed E-state index contributed by atoms with van der Waals surface area (Å²) >= 11 is 0. The van der Waals surface area contributed by atoms with Crippen LogP contribution in [0.15, 0.2) is 27.8 Å². The zero-order valence-corrected chi connectivity index (χ0v) is 18.4. The molecule has 2 aromatic carbocycles. The van der Waals surface area contributed by atoms with Crippen LogP contribution in [0.5, 0.6) is 5.75 Å². The number of ketones is 1. The number of ether oxygens (including phenoxy) is 1. The van der Waals surface area contributed by atoms with Crippen molar-refractivity contribution in [3.05, 3.63) is 44.2 Å². The number of hydrogen-bond acceptors (Lipinski definition) is 8. The molecule has 2 rings (SSSR count). The number of phenols is 1. The average molecular weight is 431 g/mol. The largest absolute Gasteiger partial charge is 0.505 e. The minimum atomic E-state index is -0.763. The Hall–Kier alpha value is -3.20. The van der Waals surface area contributed by atoms with Crippen molar-refractivity contribution in [3.8, 4) is 5.75 Å². The summed E-state index contributed by atoms with van der Waals surface area (Å²) in [5.41, 5.74) is -1.40.